The summed E-state index contributed by atoms with van der Waals surface area (Å²) in [6, 6.07) is 6.98. The van der Waals surface area contributed by atoms with Gasteiger partial charge in [-0.25, -0.2) is 8.78 Å². The van der Waals surface area contributed by atoms with Gasteiger partial charge in [-0.05, 0) is 37.1 Å². The predicted octanol–water partition coefficient (Wildman–Crippen LogP) is 3.23. The SMILES string of the molecule is Cn1nc(C(=O)Nc2c(F)cccc2F)cc1-c1cc(C2CC2)nn1C. The van der Waals surface area contributed by atoms with Crippen molar-refractivity contribution in [2.75, 3.05) is 5.32 Å². The molecule has 1 aliphatic carbocycles. The molecule has 8 heteroatoms. The zero-order valence-corrected chi connectivity index (χ0v) is 14.3. The summed E-state index contributed by atoms with van der Waals surface area (Å²) in [5.74, 6) is -1.85. The maximum Gasteiger partial charge on any atom is 0.276 e. The van der Waals surface area contributed by atoms with E-state index in [9.17, 15) is 13.6 Å². The zero-order chi connectivity index (χ0) is 18.4. The lowest BCUT2D eigenvalue weighted by Gasteiger charge is -2.05. The first-order valence-corrected chi connectivity index (χ1v) is 8.27. The van der Waals surface area contributed by atoms with Gasteiger partial charge in [0.15, 0.2) is 5.69 Å². The number of carbonyl (C=O) groups excluding carboxylic acids is 1. The number of aromatic nitrogens is 4. The van der Waals surface area contributed by atoms with Crippen molar-refractivity contribution < 1.29 is 13.6 Å². The van der Waals surface area contributed by atoms with Crippen LogP contribution in [0.25, 0.3) is 11.4 Å². The van der Waals surface area contributed by atoms with E-state index in [4.69, 9.17) is 0 Å². The molecular formula is C18H17F2N5O. The molecule has 1 amide bonds. The van der Waals surface area contributed by atoms with Gasteiger partial charge in [0.1, 0.15) is 17.3 Å². The van der Waals surface area contributed by atoms with E-state index in [1.165, 1.54) is 6.07 Å². The standard InChI is InChI=1S/C18H17F2N5O/c1-24-15(8-13(22-24)10-6-7-10)16-9-14(23-25(16)2)18(26)21-17-11(19)4-3-5-12(17)20/h3-5,8-10H,6-7H2,1-2H3,(H,21,26). The first-order chi connectivity index (χ1) is 12.4. The lowest BCUT2D eigenvalue weighted by molar-refractivity contribution is 0.102. The molecular weight excluding hydrogens is 340 g/mol. The Morgan fingerprint density at radius 2 is 1.69 bits per heavy atom. The molecule has 2 heterocycles. The molecule has 0 unspecified atom stereocenters. The van der Waals surface area contributed by atoms with Gasteiger partial charge >= 0.3 is 0 Å². The summed E-state index contributed by atoms with van der Waals surface area (Å²) >= 11 is 0. The number of hydrogen-bond acceptors (Lipinski definition) is 3. The van der Waals surface area contributed by atoms with Gasteiger partial charge in [-0.15, -0.1) is 0 Å². The van der Waals surface area contributed by atoms with Gasteiger partial charge in [0.2, 0.25) is 0 Å². The number of nitrogens with one attached hydrogen (secondary N) is 1. The van der Waals surface area contributed by atoms with Crippen molar-refractivity contribution in [2.45, 2.75) is 18.8 Å². The third-order valence-corrected chi connectivity index (χ3v) is 4.47. The smallest absolute Gasteiger partial charge is 0.276 e. The minimum atomic E-state index is -0.838. The first-order valence-electron chi connectivity index (χ1n) is 8.27. The highest BCUT2D eigenvalue weighted by molar-refractivity contribution is 6.03. The number of benzene rings is 1. The molecule has 0 radical (unpaired) electrons. The summed E-state index contributed by atoms with van der Waals surface area (Å²) in [6.45, 7) is 0. The van der Waals surface area contributed by atoms with Gasteiger partial charge in [0.25, 0.3) is 5.91 Å². The second kappa shape index (κ2) is 6.05. The van der Waals surface area contributed by atoms with E-state index in [1.807, 2.05) is 13.1 Å². The van der Waals surface area contributed by atoms with E-state index in [0.29, 0.717) is 11.6 Å². The van der Waals surface area contributed by atoms with Crippen molar-refractivity contribution in [3.05, 3.63) is 53.4 Å². The molecule has 1 aromatic carbocycles. The van der Waals surface area contributed by atoms with Crippen LogP contribution in [0, 0.1) is 11.6 Å². The van der Waals surface area contributed by atoms with Crippen molar-refractivity contribution in [2.24, 2.45) is 14.1 Å². The largest absolute Gasteiger partial charge is 0.316 e. The van der Waals surface area contributed by atoms with Gasteiger partial charge in [0.05, 0.1) is 17.1 Å². The highest BCUT2D eigenvalue weighted by Crippen LogP contribution is 2.40. The summed E-state index contributed by atoms with van der Waals surface area (Å²) in [5.41, 5.74) is 2.15. The number of anilines is 1. The van der Waals surface area contributed by atoms with Crippen molar-refractivity contribution >= 4 is 11.6 Å². The molecule has 0 bridgehead atoms. The fraction of sp³-hybridized carbons (Fsp3) is 0.278. The third kappa shape index (κ3) is 2.87. The van der Waals surface area contributed by atoms with E-state index in [0.717, 1.165) is 36.4 Å². The Bertz CT molecular complexity index is 983. The van der Waals surface area contributed by atoms with Gasteiger partial charge < -0.3 is 5.32 Å². The molecule has 1 N–H and O–H groups in total. The molecule has 0 aliphatic heterocycles. The molecule has 1 saturated carbocycles. The minimum Gasteiger partial charge on any atom is -0.316 e. The Labute approximate surface area is 148 Å². The molecule has 26 heavy (non-hydrogen) atoms. The van der Waals surface area contributed by atoms with Crippen LogP contribution in [-0.2, 0) is 14.1 Å². The van der Waals surface area contributed by atoms with Crippen molar-refractivity contribution in [3.63, 3.8) is 0 Å². The first kappa shape index (κ1) is 16.4. The quantitative estimate of drug-likeness (QED) is 0.780. The zero-order valence-electron chi connectivity index (χ0n) is 14.3. The van der Waals surface area contributed by atoms with Crippen LogP contribution >= 0.6 is 0 Å². The highest BCUT2D eigenvalue weighted by atomic mass is 19.1. The average Bonchev–Trinajstić information content (AvgIpc) is 3.27. The normalized spacial score (nSPS) is 13.8. The molecule has 1 aliphatic rings. The average molecular weight is 357 g/mol. The van der Waals surface area contributed by atoms with Crippen LogP contribution in [0.5, 0.6) is 0 Å². The maximum absolute atomic E-state index is 13.7. The molecule has 3 aromatic rings. The van der Waals surface area contributed by atoms with Gasteiger partial charge in [-0.1, -0.05) is 6.07 Å². The van der Waals surface area contributed by atoms with Crippen molar-refractivity contribution in [1.82, 2.24) is 19.6 Å². The topological polar surface area (TPSA) is 64.7 Å². The summed E-state index contributed by atoms with van der Waals surface area (Å²) in [4.78, 5) is 12.4. The number of carbonyl (C=O) groups is 1. The number of para-hydroxylation sites is 1. The number of hydrogen-bond donors (Lipinski definition) is 1. The lowest BCUT2D eigenvalue weighted by atomic mass is 10.2. The Balaban J connectivity index is 1.63. The highest BCUT2D eigenvalue weighted by Gasteiger charge is 2.28. The summed E-state index contributed by atoms with van der Waals surface area (Å²) in [6.07, 6.45) is 2.29. The molecule has 134 valence electrons. The summed E-state index contributed by atoms with van der Waals surface area (Å²) < 4.78 is 30.8. The molecule has 0 atom stereocenters. The van der Waals surface area contributed by atoms with Crippen LogP contribution in [0.1, 0.15) is 34.9 Å². The van der Waals surface area contributed by atoms with Crippen LogP contribution in [0.2, 0.25) is 0 Å². The molecule has 2 aromatic heterocycles. The Morgan fingerprint density at radius 1 is 1.08 bits per heavy atom. The minimum absolute atomic E-state index is 0.0688. The fourth-order valence-electron chi connectivity index (χ4n) is 2.92. The second-order valence-electron chi connectivity index (χ2n) is 6.44. The number of rotatable bonds is 4. The Morgan fingerprint density at radius 3 is 2.35 bits per heavy atom. The van der Waals surface area contributed by atoms with Crippen LogP contribution in [0.15, 0.2) is 30.3 Å². The van der Waals surface area contributed by atoms with E-state index in [1.54, 1.807) is 22.5 Å². The summed E-state index contributed by atoms with van der Waals surface area (Å²) in [5, 5.41) is 10.9. The number of nitrogens with zero attached hydrogens (tertiary/aromatic N) is 4. The van der Waals surface area contributed by atoms with Crippen LogP contribution in [0.3, 0.4) is 0 Å². The van der Waals surface area contributed by atoms with Crippen LogP contribution in [-0.4, -0.2) is 25.5 Å². The predicted molar refractivity (Wildman–Crippen MR) is 91.7 cm³/mol. The molecule has 0 spiro atoms. The molecule has 4 rings (SSSR count). The van der Waals surface area contributed by atoms with Gasteiger partial charge in [-0.3, -0.25) is 14.2 Å². The Kier molecular flexibility index (Phi) is 3.82. The second-order valence-corrected chi connectivity index (χ2v) is 6.44. The van der Waals surface area contributed by atoms with Crippen molar-refractivity contribution in [1.29, 1.82) is 0 Å². The van der Waals surface area contributed by atoms with E-state index in [-0.39, 0.29) is 5.69 Å². The van der Waals surface area contributed by atoms with E-state index in [2.05, 4.69) is 15.5 Å². The molecule has 6 nitrogen and oxygen atoms in total. The van der Waals surface area contributed by atoms with E-state index >= 15 is 0 Å². The van der Waals surface area contributed by atoms with E-state index < -0.39 is 23.2 Å². The number of halogens is 2. The number of amides is 1. The fourth-order valence-corrected chi connectivity index (χ4v) is 2.92. The molecule has 0 saturated heterocycles. The molecule has 1 fully saturated rings. The monoisotopic (exact) mass is 357 g/mol. The summed E-state index contributed by atoms with van der Waals surface area (Å²) in [7, 11) is 3.54. The number of aryl methyl sites for hydroxylation is 2. The van der Waals surface area contributed by atoms with Crippen LogP contribution < -0.4 is 5.32 Å². The van der Waals surface area contributed by atoms with Crippen LogP contribution in [0.4, 0.5) is 14.5 Å². The third-order valence-electron chi connectivity index (χ3n) is 4.47. The van der Waals surface area contributed by atoms with Gasteiger partial charge in [0, 0.05) is 20.0 Å². The van der Waals surface area contributed by atoms with Crippen molar-refractivity contribution in [3.8, 4) is 11.4 Å². The Hall–Kier alpha value is -3.03. The maximum atomic E-state index is 13.7. The van der Waals surface area contributed by atoms with Gasteiger partial charge in [-0.2, -0.15) is 10.2 Å². The lowest BCUT2D eigenvalue weighted by Crippen LogP contribution is -2.15.